The van der Waals surface area contributed by atoms with Crippen LogP contribution in [0.4, 0.5) is 5.69 Å². The molecule has 0 heterocycles. The van der Waals surface area contributed by atoms with Gasteiger partial charge in [-0.05, 0) is 25.1 Å². The van der Waals surface area contributed by atoms with Gasteiger partial charge in [0.05, 0.1) is 12.9 Å². The topological polar surface area (TPSA) is 92.7 Å². The first-order chi connectivity index (χ1) is 7.89. The van der Waals surface area contributed by atoms with E-state index in [1.165, 1.54) is 32.2 Å². The SMILES string of the molecule is CCS(=O)(=O)Nc1ccc(OC)c(C(=O)O)c1. The van der Waals surface area contributed by atoms with Gasteiger partial charge in [-0.1, -0.05) is 0 Å². The number of nitrogens with one attached hydrogen (secondary N) is 1. The molecule has 0 radical (unpaired) electrons. The first-order valence-electron chi connectivity index (χ1n) is 4.81. The van der Waals surface area contributed by atoms with Gasteiger partial charge >= 0.3 is 5.97 Å². The highest BCUT2D eigenvalue weighted by Crippen LogP contribution is 2.23. The Morgan fingerprint density at radius 2 is 2.12 bits per heavy atom. The minimum absolute atomic E-state index is 0.0819. The number of ether oxygens (including phenoxy) is 1. The largest absolute Gasteiger partial charge is 0.496 e. The van der Waals surface area contributed by atoms with Crippen molar-refractivity contribution in [1.29, 1.82) is 0 Å². The van der Waals surface area contributed by atoms with E-state index in [9.17, 15) is 13.2 Å². The summed E-state index contributed by atoms with van der Waals surface area (Å²) in [5.74, 6) is -1.09. The van der Waals surface area contributed by atoms with E-state index in [0.717, 1.165) is 0 Å². The number of sulfonamides is 1. The van der Waals surface area contributed by atoms with E-state index in [4.69, 9.17) is 9.84 Å². The molecule has 1 rings (SSSR count). The molecule has 0 fully saturated rings. The summed E-state index contributed by atoms with van der Waals surface area (Å²) in [4.78, 5) is 10.9. The smallest absolute Gasteiger partial charge is 0.339 e. The van der Waals surface area contributed by atoms with Crippen molar-refractivity contribution in [2.24, 2.45) is 0 Å². The summed E-state index contributed by atoms with van der Waals surface area (Å²) in [6.07, 6.45) is 0. The number of methoxy groups -OCH3 is 1. The maximum Gasteiger partial charge on any atom is 0.339 e. The predicted octanol–water partition coefficient (Wildman–Crippen LogP) is 1.16. The zero-order valence-electron chi connectivity index (χ0n) is 9.43. The third-order valence-electron chi connectivity index (χ3n) is 2.08. The molecule has 0 aliphatic carbocycles. The van der Waals surface area contributed by atoms with E-state index in [-0.39, 0.29) is 22.8 Å². The van der Waals surface area contributed by atoms with Gasteiger partial charge in [0.2, 0.25) is 10.0 Å². The summed E-state index contributed by atoms with van der Waals surface area (Å²) >= 11 is 0. The summed E-state index contributed by atoms with van der Waals surface area (Å²) in [6, 6.07) is 4.06. The molecule has 2 N–H and O–H groups in total. The molecule has 1 aromatic carbocycles. The lowest BCUT2D eigenvalue weighted by atomic mass is 10.2. The molecule has 0 aliphatic heterocycles. The molecule has 6 nitrogen and oxygen atoms in total. The number of carbonyl (C=O) groups is 1. The minimum Gasteiger partial charge on any atom is -0.496 e. The van der Waals surface area contributed by atoms with Crippen LogP contribution in [0.3, 0.4) is 0 Å². The molecule has 0 saturated heterocycles. The van der Waals surface area contributed by atoms with E-state index in [0.29, 0.717) is 0 Å². The van der Waals surface area contributed by atoms with Crippen LogP contribution in [0.1, 0.15) is 17.3 Å². The average Bonchev–Trinajstić information content (AvgIpc) is 2.28. The van der Waals surface area contributed by atoms with E-state index in [2.05, 4.69) is 4.72 Å². The van der Waals surface area contributed by atoms with Crippen LogP contribution in [0.2, 0.25) is 0 Å². The first-order valence-corrected chi connectivity index (χ1v) is 6.46. The molecule has 0 aromatic heterocycles. The summed E-state index contributed by atoms with van der Waals surface area (Å²) in [6.45, 7) is 1.49. The van der Waals surface area contributed by atoms with Crippen LogP contribution in [-0.4, -0.2) is 32.4 Å². The second-order valence-electron chi connectivity index (χ2n) is 3.23. The normalized spacial score (nSPS) is 10.9. The quantitative estimate of drug-likeness (QED) is 0.827. The highest BCUT2D eigenvalue weighted by molar-refractivity contribution is 7.92. The Labute approximate surface area is 99.3 Å². The lowest BCUT2D eigenvalue weighted by Gasteiger charge is -2.09. The predicted molar refractivity (Wildman–Crippen MR) is 63.0 cm³/mol. The molecule has 0 unspecified atom stereocenters. The fraction of sp³-hybridized carbons (Fsp3) is 0.300. The van der Waals surface area contributed by atoms with Crippen molar-refractivity contribution >= 4 is 21.7 Å². The summed E-state index contributed by atoms with van der Waals surface area (Å²) in [5.41, 5.74) is 0.105. The molecular formula is C10H13NO5S. The molecule has 94 valence electrons. The van der Waals surface area contributed by atoms with Gasteiger partial charge in [0.15, 0.2) is 0 Å². The Balaban J connectivity index is 3.13. The molecule has 0 atom stereocenters. The van der Waals surface area contributed by atoms with Crippen molar-refractivity contribution in [2.75, 3.05) is 17.6 Å². The molecule has 1 aromatic rings. The van der Waals surface area contributed by atoms with E-state index in [1.807, 2.05) is 0 Å². The van der Waals surface area contributed by atoms with Crippen molar-refractivity contribution in [3.8, 4) is 5.75 Å². The van der Waals surface area contributed by atoms with Crippen LogP contribution in [0.25, 0.3) is 0 Å². The Morgan fingerprint density at radius 1 is 1.47 bits per heavy atom. The van der Waals surface area contributed by atoms with Crippen LogP contribution >= 0.6 is 0 Å². The molecule has 17 heavy (non-hydrogen) atoms. The van der Waals surface area contributed by atoms with E-state index >= 15 is 0 Å². The second kappa shape index (κ2) is 5.05. The molecule has 0 saturated carbocycles. The lowest BCUT2D eigenvalue weighted by Crippen LogP contribution is -2.15. The number of anilines is 1. The van der Waals surface area contributed by atoms with Gasteiger partial charge < -0.3 is 9.84 Å². The van der Waals surface area contributed by atoms with Gasteiger partial charge in [0, 0.05) is 5.69 Å². The summed E-state index contributed by atoms with van der Waals surface area (Å²) in [5, 5.41) is 8.92. The van der Waals surface area contributed by atoms with Crippen LogP contribution in [0.15, 0.2) is 18.2 Å². The Kier molecular flexibility index (Phi) is 3.95. The standard InChI is InChI=1S/C10H13NO5S/c1-3-17(14,15)11-7-4-5-9(16-2)8(6-7)10(12)13/h4-6,11H,3H2,1-2H3,(H,12,13). The number of rotatable bonds is 5. The molecule has 0 spiro atoms. The second-order valence-corrected chi connectivity index (χ2v) is 5.24. The molecular weight excluding hydrogens is 246 g/mol. The van der Waals surface area contributed by atoms with Gasteiger partial charge in [0.25, 0.3) is 0 Å². The number of hydrogen-bond donors (Lipinski definition) is 2. The maximum absolute atomic E-state index is 11.3. The molecule has 0 aliphatic rings. The Bertz CT molecular complexity index is 523. The number of hydrogen-bond acceptors (Lipinski definition) is 4. The van der Waals surface area contributed by atoms with Gasteiger partial charge in [-0.3, -0.25) is 4.72 Å². The number of benzene rings is 1. The van der Waals surface area contributed by atoms with Crippen LogP contribution < -0.4 is 9.46 Å². The van der Waals surface area contributed by atoms with Gasteiger partial charge in [-0.15, -0.1) is 0 Å². The Morgan fingerprint density at radius 3 is 2.59 bits per heavy atom. The highest BCUT2D eigenvalue weighted by atomic mass is 32.2. The van der Waals surface area contributed by atoms with E-state index in [1.54, 1.807) is 0 Å². The van der Waals surface area contributed by atoms with Crippen molar-refractivity contribution < 1.29 is 23.1 Å². The van der Waals surface area contributed by atoms with Gasteiger partial charge in [0.1, 0.15) is 11.3 Å². The van der Waals surface area contributed by atoms with Gasteiger partial charge in [-0.2, -0.15) is 0 Å². The zero-order valence-corrected chi connectivity index (χ0v) is 10.2. The highest BCUT2D eigenvalue weighted by Gasteiger charge is 2.13. The fourth-order valence-corrected chi connectivity index (χ4v) is 1.82. The third-order valence-corrected chi connectivity index (χ3v) is 3.39. The summed E-state index contributed by atoms with van der Waals surface area (Å²) in [7, 11) is -2.07. The Hall–Kier alpha value is -1.76. The molecule has 0 amide bonds. The number of aromatic carboxylic acids is 1. The first kappa shape index (κ1) is 13.3. The van der Waals surface area contributed by atoms with Crippen LogP contribution in [-0.2, 0) is 10.0 Å². The maximum atomic E-state index is 11.3. The van der Waals surface area contributed by atoms with Crippen molar-refractivity contribution in [3.05, 3.63) is 23.8 Å². The number of carboxylic acids is 1. The van der Waals surface area contributed by atoms with Crippen molar-refractivity contribution in [2.45, 2.75) is 6.92 Å². The average molecular weight is 259 g/mol. The molecule has 7 heteroatoms. The summed E-state index contributed by atoms with van der Waals surface area (Å²) < 4.78 is 29.8. The van der Waals surface area contributed by atoms with Crippen molar-refractivity contribution in [1.82, 2.24) is 0 Å². The molecule has 0 bridgehead atoms. The van der Waals surface area contributed by atoms with Crippen molar-refractivity contribution in [3.63, 3.8) is 0 Å². The zero-order chi connectivity index (χ0) is 13.1. The number of carboxylic acid groups (broad SMARTS) is 1. The monoisotopic (exact) mass is 259 g/mol. The third kappa shape index (κ3) is 3.35. The van der Waals surface area contributed by atoms with Gasteiger partial charge in [-0.25, -0.2) is 13.2 Å². The van der Waals surface area contributed by atoms with Crippen LogP contribution in [0, 0.1) is 0 Å². The fourth-order valence-electron chi connectivity index (χ4n) is 1.19. The van der Waals surface area contributed by atoms with E-state index < -0.39 is 16.0 Å². The lowest BCUT2D eigenvalue weighted by molar-refractivity contribution is 0.0693. The minimum atomic E-state index is -3.42. The van der Waals surface area contributed by atoms with Crippen LogP contribution in [0.5, 0.6) is 5.75 Å².